The Kier molecular flexibility index (Phi) is 4.67. The molecule has 0 aromatic heterocycles. The monoisotopic (exact) mass is 176 g/mol. The SMILES string of the molecule is C[SH](C)(C)(C)CC(=O)O.[NaH]. The molecule has 0 saturated heterocycles. The van der Waals surface area contributed by atoms with Crippen LogP contribution in [0.3, 0.4) is 0 Å². The van der Waals surface area contributed by atoms with Gasteiger partial charge in [0, 0.05) is 0 Å². The third kappa shape index (κ3) is 11.6. The van der Waals surface area contributed by atoms with Gasteiger partial charge < -0.3 is 5.11 Å². The average Bonchev–Trinajstić information content (AvgIpc) is 1.16. The van der Waals surface area contributed by atoms with Gasteiger partial charge in [0.1, 0.15) is 0 Å². The van der Waals surface area contributed by atoms with Gasteiger partial charge in [-0.3, -0.25) is 14.0 Å². The van der Waals surface area contributed by atoms with Gasteiger partial charge in [0.15, 0.2) is 0 Å². The molecule has 0 aliphatic rings. The summed E-state index contributed by atoms with van der Waals surface area (Å²) in [6.07, 6.45) is 8.22. The van der Waals surface area contributed by atoms with E-state index in [0.717, 1.165) is 0 Å². The van der Waals surface area contributed by atoms with Crippen molar-refractivity contribution in [2.75, 3.05) is 30.8 Å². The van der Waals surface area contributed by atoms with E-state index in [1.165, 1.54) is 0 Å². The van der Waals surface area contributed by atoms with Crippen LogP contribution < -0.4 is 0 Å². The molecular formula is C6H17NaO2S. The Morgan fingerprint density at radius 3 is 1.60 bits per heavy atom. The first kappa shape index (κ1) is 13.4. The predicted molar refractivity (Wildman–Crippen MR) is 52.3 cm³/mol. The number of carbonyl (C=O) groups is 1. The summed E-state index contributed by atoms with van der Waals surface area (Å²) in [5.41, 5.74) is 0. The molecule has 10 heavy (non-hydrogen) atoms. The second-order valence-electron chi connectivity index (χ2n) is 4.50. The average molecular weight is 176 g/mol. The Bertz CT molecular complexity index is 127. The molecule has 2 nitrogen and oxygen atoms in total. The number of aliphatic carboxylic acids is 1. The van der Waals surface area contributed by atoms with E-state index in [9.17, 15) is 4.79 Å². The van der Waals surface area contributed by atoms with Crippen LogP contribution in [0.5, 0.6) is 0 Å². The van der Waals surface area contributed by atoms with E-state index in [-0.39, 0.29) is 29.6 Å². The van der Waals surface area contributed by atoms with Crippen LogP contribution >= 0.6 is 9.16 Å². The van der Waals surface area contributed by atoms with E-state index in [1.807, 2.05) is 0 Å². The van der Waals surface area contributed by atoms with Gasteiger partial charge in [-0.15, -0.1) is 0 Å². The molecule has 0 atom stereocenters. The molecule has 0 aromatic carbocycles. The Morgan fingerprint density at radius 2 is 1.60 bits per heavy atom. The molecule has 0 amide bonds. The summed E-state index contributed by atoms with van der Waals surface area (Å²) in [5.74, 6) is -0.339. The third-order valence-electron chi connectivity index (χ3n) is 0.768. The number of carboxylic acid groups (broad SMARTS) is 1. The van der Waals surface area contributed by atoms with Crippen LogP contribution in [0, 0.1) is 0 Å². The van der Waals surface area contributed by atoms with Gasteiger partial charge in [0.2, 0.25) is 0 Å². The van der Waals surface area contributed by atoms with Crippen LogP contribution in [0.15, 0.2) is 0 Å². The topological polar surface area (TPSA) is 37.3 Å². The van der Waals surface area contributed by atoms with Gasteiger partial charge in [-0.05, 0) is 25.0 Å². The first-order valence-corrected chi connectivity index (χ1v) is 7.10. The van der Waals surface area contributed by atoms with Crippen LogP contribution in [0.25, 0.3) is 0 Å². The fourth-order valence-electron chi connectivity index (χ4n) is 0.541. The summed E-state index contributed by atoms with van der Waals surface area (Å²) in [5, 5.41) is 8.45. The molecule has 60 valence electrons. The van der Waals surface area contributed by atoms with Gasteiger partial charge in [0.05, 0.1) is 5.75 Å². The number of hydrogen-bond donors (Lipinski definition) is 2. The molecule has 0 radical (unpaired) electrons. The van der Waals surface area contributed by atoms with Gasteiger partial charge in [-0.2, -0.15) is 0 Å². The van der Waals surface area contributed by atoms with Crippen LogP contribution in [-0.4, -0.2) is 71.4 Å². The van der Waals surface area contributed by atoms with Crippen molar-refractivity contribution in [2.24, 2.45) is 0 Å². The zero-order chi connectivity index (χ0) is 7.73. The summed E-state index contributed by atoms with van der Waals surface area (Å²) in [6.45, 7) is 0. The van der Waals surface area contributed by atoms with E-state index in [2.05, 4.69) is 25.0 Å². The Labute approximate surface area is 85.0 Å². The third-order valence-corrected chi connectivity index (χ3v) is 2.30. The van der Waals surface area contributed by atoms with Crippen molar-refractivity contribution in [3.05, 3.63) is 0 Å². The minimum absolute atomic E-state index is 0. The molecule has 0 bridgehead atoms. The summed E-state index contributed by atoms with van der Waals surface area (Å²) in [4.78, 5) is 10.3. The van der Waals surface area contributed by atoms with Crippen molar-refractivity contribution in [3.63, 3.8) is 0 Å². The van der Waals surface area contributed by atoms with Gasteiger partial charge in [0.25, 0.3) is 0 Å². The van der Waals surface area contributed by atoms with E-state index in [1.54, 1.807) is 0 Å². The quantitative estimate of drug-likeness (QED) is 0.459. The van der Waals surface area contributed by atoms with Crippen molar-refractivity contribution in [1.29, 1.82) is 0 Å². The van der Waals surface area contributed by atoms with Crippen molar-refractivity contribution in [1.82, 2.24) is 0 Å². The molecular weight excluding hydrogens is 159 g/mol. The van der Waals surface area contributed by atoms with Gasteiger partial charge in [-0.1, -0.05) is 0 Å². The van der Waals surface area contributed by atoms with Crippen LogP contribution in [0.4, 0.5) is 0 Å². The molecule has 4 heteroatoms. The molecule has 0 heterocycles. The van der Waals surface area contributed by atoms with Gasteiger partial charge in [-0.25, -0.2) is 0 Å². The number of hydrogen-bond acceptors (Lipinski definition) is 1. The number of rotatable bonds is 2. The second-order valence-corrected chi connectivity index (χ2v) is 12.7. The standard InChI is InChI=1S/C6H16O2S.Na.H/c1-9(2,3,4)5-6(7)8;;/h9H,5H2,1-4H3,(H,7,8);;. The molecule has 0 rings (SSSR count). The van der Waals surface area contributed by atoms with Crippen LogP contribution in [0.1, 0.15) is 0 Å². The maximum absolute atomic E-state index is 10.3. The molecule has 0 aliphatic carbocycles. The van der Waals surface area contributed by atoms with E-state index in [0.29, 0.717) is 5.75 Å². The van der Waals surface area contributed by atoms with E-state index < -0.39 is 15.1 Å². The fourth-order valence-corrected chi connectivity index (χ4v) is 1.62. The van der Waals surface area contributed by atoms with Gasteiger partial charge >= 0.3 is 35.5 Å². The number of thiol groups is 1. The fraction of sp³-hybridized carbons (Fsp3) is 0.833. The first-order chi connectivity index (χ1) is 3.67. The summed E-state index contributed by atoms with van der Waals surface area (Å²) in [6, 6.07) is 0. The zero-order valence-corrected chi connectivity index (χ0v) is 7.40. The summed E-state index contributed by atoms with van der Waals surface area (Å²) < 4.78 is 0. The first-order valence-electron chi connectivity index (χ1n) is 2.89. The molecule has 0 aliphatic heterocycles. The normalized spacial score (nSPS) is 14.6. The molecule has 0 spiro atoms. The maximum atomic E-state index is 10.3. The van der Waals surface area contributed by atoms with Crippen LogP contribution in [-0.2, 0) is 4.79 Å². The van der Waals surface area contributed by atoms with Crippen molar-refractivity contribution in [3.8, 4) is 0 Å². The van der Waals surface area contributed by atoms with Crippen molar-refractivity contribution in [2.45, 2.75) is 0 Å². The molecule has 0 saturated carbocycles. The number of carboxylic acids is 1. The Morgan fingerprint density at radius 1 is 1.30 bits per heavy atom. The zero-order valence-electron chi connectivity index (χ0n) is 6.51. The van der Waals surface area contributed by atoms with Crippen molar-refractivity contribution < 1.29 is 9.90 Å². The van der Waals surface area contributed by atoms with Crippen molar-refractivity contribution >= 4 is 44.7 Å². The Balaban J connectivity index is 0. The second kappa shape index (κ2) is 3.48. The minimum atomic E-state index is -1.77. The summed E-state index contributed by atoms with van der Waals surface area (Å²) >= 11 is 0. The van der Waals surface area contributed by atoms with E-state index in [4.69, 9.17) is 5.11 Å². The Hall–Kier alpha value is 0.820. The summed E-state index contributed by atoms with van der Waals surface area (Å²) in [7, 11) is -1.77. The van der Waals surface area contributed by atoms with Crippen LogP contribution in [0.2, 0.25) is 0 Å². The molecule has 1 N–H and O–H groups in total. The predicted octanol–water partition coefficient (Wildman–Crippen LogP) is 0.0143. The molecule has 0 aromatic rings. The molecule has 0 fully saturated rings. The molecule has 0 unspecified atom stereocenters. The van der Waals surface area contributed by atoms with E-state index >= 15 is 0 Å².